The Labute approximate surface area is 224 Å². The van der Waals surface area contributed by atoms with E-state index in [0.717, 1.165) is 12.1 Å². The van der Waals surface area contributed by atoms with Crippen molar-refractivity contribution < 1.29 is 45.7 Å². The molecule has 3 rings (SSSR count). The number of benzene rings is 1. The highest BCUT2D eigenvalue weighted by Gasteiger charge is 2.49. The summed E-state index contributed by atoms with van der Waals surface area (Å²) in [7, 11) is 0. The van der Waals surface area contributed by atoms with E-state index in [2.05, 4.69) is 15.6 Å². The third kappa shape index (κ3) is 6.75. The van der Waals surface area contributed by atoms with E-state index in [1.165, 1.54) is 32.9 Å². The maximum absolute atomic E-state index is 14.9. The Morgan fingerprint density at radius 3 is 2.31 bits per heavy atom. The lowest BCUT2D eigenvalue weighted by molar-refractivity contribution is -0.305. The molecule has 0 saturated heterocycles. The van der Waals surface area contributed by atoms with Crippen molar-refractivity contribution in [2.75, 3.05) is 5.32 Å². The number of nitrogens with zero attached hydrogens (tertiary/aromatic N) is 2. The molecule has 39 heavy (non-hydrogen) atoms. The number of carboxylic acid groups (broad SMARTS) is 1. The molecule has 2 aromatic heterocycles. The third-order valence-electron chi connectivity index (χ3n) is 5.87. The quantitative estimate of drug-likeness (QED) is 0.293. The summed E-state index contributed by atoms with van der Waals surface area (Å²) >= 11 is 5.69. The normalized spacial score (nSPS) is 13.4. The fourth-order valence-electron chi connectivity index (χ4n) is 3.72. The maximum atomic E-state index is 14.9. The van der Waals surface area contributed by atoms with Crippen molar-refractivity contribution in [1.29, 1.82) is 0 Å². The van der Waals surface area contributed by atoms with Crippen LogP contribution < -0.4 is 10.4 Å². The highest BCUT2D eigenvalue weighted by atomic mass is 35.5. The lowest BCUT2D eigenvalue weighted by Crippen LogP contribution is -2.30. The van der Waals surface area contributed by atoms with Gasteiger partial charge in [-0.25, -0.2) is 13.2 Å². The van der Waals surface area contributed by atoms with Crippen LogP contribution in [0.3, 0.4) is 0 Å². The summed E-state index contributed by atoms with van der Waals surface area (Å²) in [6.07, 6.45) is -1.65. The predicted octanol–water partition coefficient (Wildman–Crippen LogP) is 6.01. The van der Waals surface area contributed by atoms with Gasteiger partial charge in [-0.3, -0.25) is 4.79 Å². The first-order chi connectivity index (χ1) is 17.9. The van der Waals surface area contributed by atoms with Gasteiger partial charge in [-0.1, -0.05) is 42.7 Å². The zero-order valence-electron chi connectivity index (χ0n) is 21.2. The predicted molar refractivity (Wildman–Crippen MR) is 127 cm³/mol. The largest absolute Gasteiger partial charge is 0.550 e. The Balaban J connectivity index is 2.01. The highest BCUT2D eigenvalue weighted by Crippen LogP contribution is 2.47. The number of aromatic nitrogens is 2. The molecular weight excluding hydrogens is 553 g/mol. The van der Waals surface area contributed by atoms with Crippen LogP contribution in [0.15, 0.2) is 33.3 Å². The number of nitrogens with one attached hydrogen (secondary N) is 1. The second-order valence-corrected chi connectivity index (χ2v) is 10.5. The average molecular weight is 577 g/mol. The Hall–Kier alpha value is -3.48. The molecule has 212 valence electrons. The van der Waals surface area contributed by atoms with Gasteiger partial charge in [0.1, 0.15) is 5.82 Å². The molecule has 3 aromatic rings. The van der Waals surface area contributed by atoms with Crippen LogP contribution in [0.5, 0.6) is 0 Å². The molecule has 0 aliphatic carbocycles. The van der Waals surface area contributed by atoms with E-state index in [-0.39, 0.29) is 17.1 Å². The van der Waals surface area contributed by atoms with Gasteiger partial charge in [0.15, 0.2) is 11.5 Å². The second-order valence-electron chi connectivity index (χ2n) is 10.0. The van der Waals surface area contributed by atoms with Crippen LogP contribution in [0.25, 0.3) is 11.5 Å². The number of rotatable bonds is 10. The van der Waals surface area contributed by atoms with Crippen molar-refractivity contribution in [3.05, 3.63) is 52.1 Å². The van der Waals surface area contributed by atoms with Crippen LogP contribution in [0.2, 0.25) is 5.02 Å². The molecule has 1 atom stereocenters. The van der Waals surface area contributed by atoms with Gasteiger partial charge in [0, 0.05) is 41.7 Å². The van der Waals surface area contributed by atoms with Gasteiger partial charge in [0.2, 0.25) is 11.7 Å². The Morgan fingerprint density at radius 2 is 1.74 bits per heavy atom. The molecule has 0 unspecified atom stereocenters. The summed E-state index contributed by atoms with van der Waals surface area (Å²) < 4.78 is 83.1. The molecule has 1 amide bonds. The monoisotopic (exact) mass is 576 g/mol. The number of hydrogen-bond donors (Lipinski definition) is 1. The van der Waals surface area contributed by atoms with Crippen LogP contribution in [-0.4, -0.2) is 22.2 Å². The Morgan fingerprint density at radius 1 is 1.08 bits per heavy atom. The first kappa shape index (κ1) is 30.1. The number of alkyl halides is 4. The molecule has 0 radical (unpaired) electrons. The van der Waals surface area contributed by atoms with Gasteiger partial charge in [-0.05, 0) is 31.0 Å². The first-order valence-corrected chi connectivity index (χ1v) is 12.0. The van der Waals surface area contributed by atoms with E-state index in [9.17, 15) is 36.6 Å². The van der Waals surface area contributed by atoms with E-state index < -0.39 is 82.2 Å². The minimum absolute atomic E-state index is 0.0681. The number of carboxylic acids is 1. The molecule has 1 N–H and O–H groups in total. The molecule has 0 aliphatic rings. The van der Waals surface area contributed by atoms with Crippen molar-refractivity contribution in [3.63, 3.8) is 0 Å². The number of anilines is 1. The minimum atomic E-state index is -3.70. The Bertz CT molecular complexity index is 1360. The van der Waals surface area contributed by atoms with Crippen LogP contribution >= 0.6 is 11.6 Å². The molecule has 1 aromatic carbocycles. The number of halogens is 6. The smallest absolute Gasteiger partial charge is 0.312 e. The molecule has 0 bridgehead atoms. The van der Waals surface area contributed by atoms with Crippen molar-refractivity contribution in [2.45, 2.75) is 64.7 Å². The summed E-state index contributed by atoms with van der Waals surface area (Å²) in [6.45, 7) is 4.22. The number of carbonyl (C=O) groups excluding carboxylic acids is 2. The van der Waals surface area contributed by atoms with Crippen molar-refractivity contribution >= 4 is 29.2 Å². The number of carbonyl (C=O) groups is 2. The molecular formula is C25H24ClF5N3O5-. The summed E-state index contributed by atoms with van der Waals surface area (Å²) in [4.78, 5) is 23.8. The van der Waals surface area contributed by atoms with Crippen LogP contribution in [0.1, 0.15) is 69.9 Å². The summed E-state index contributed by atoms with van der Waals surface area (Å²) in [6, 6.07) is 4.18. The number of amides is 1. The molecule has 2 heterocycles. The van der Waals surface area contributed by atoms with Crippen LogP contribution in [0.4, 0.5) is 27.6 Å². The third-order valence-corrected chi connectivity index (χ3v) is 6.11. The molecule has 0 spiro atoms. The lowest BCUT2D eigenvalue weighted by Gasteiger charge is -2.27. The van der Waals surface area contributed by atoms with Gasteiger partial charge < -0.3 is 24.3 Å². The molecule has 0 aliphatic heterocycles. The number of aliphatic carboxylic acids is 1. The fourth-order valence-corrected chi connectivity index (χ4v) is 3.88. The standard InChI is InChI=1S/C25H25ClF5N3O5/c1-23(2,3)25(30,31)17-11-16(33-38-17)22-20(24(4,28)29)21(34-39-22)12(5-8-19(36)37)9-18(35)32-15-7-6-13(26)10-14(15)27/h6-7,10-12H,5,8-9H2,1-4H3,(H,32,35)(H,36,37)/p-1/t12-/m0/s1. The van der Waals surface area contributed by atoms with Gasteiger partial charge in [0.25, 0.3) is 5.92 Å². The lowest BCUT2D eigenvalue weighted by atomic mass is 9.86. The average Bonchev–Trinajstić information content (AvgIpc) is 3.45. The summed E-state index contributed by atoms with van der Waals surface area (Å²) in [5.41, 5.74) is -3.75. The minimum Gasteiger partial charge on any atom is -0.550 e. The van der Waals surface area contributed by atoms with Gasteiger partial charge in [-0.2, -0.15) is 8.78 Å². The fraction of sp³-hybridized carbons (Fsp3) is 0.440. The van der Waals surface area contributed by atoms with E-state index in [4.69, 9.17) is 20.6 Å². The SMILES string of the molecule is CC(F)(F)c1c([C@@H](CCC(=O)[O-])CC(=O)Nc2ccc(Cl)cc2F)noc1-c1cc(C(F)(F)C(C)(C)C)on1. The van der Waals surface area contributed by atoms with Gasteiger partial charge >= 0.3 is 5.92 Å². The van der Waals surface area contributed by atoms with Crippen LogP contribution in [0, 0.1) is 11.2 Å². The van der Waals surface area contributed by atoms with E-state index in [0.29, 0.717) is 6.92 Å². The summed E-state index contributed by atoms with van der Waals surface area (Å²) in [5.74, 6) is -13.3. The van der Waals surface area contributed by atoms with E-state index in [1.807, 2.05) is 0 Å². The van der Waals surface area contributed by atoms with Gasteiger partial charge in [0.05, 0.1) is 16.9 Å². The molecule has 0 fully saturated rings. The Kier molecular flexibility index (Phi) is 8.44. The molecule has 8 nitrogen and oxygen atoms in total. The molecule has 14 heteroatoms. The van der Waals surface area contributed by atoms with E-state index in [1.54, 1.807) is 0 Å². The molecule has 0 saturated carbocycles. The van der Waals surface area contributed by atoms with Gasteiger partial charge in [-0.15, -0.1) is 0 Å². The van der Waals surface area contributed by atoms with Crippen molar-refractivity contribution in [3.8, 4) is 11.5 Å². The first-order valence-electron chi connectivity index (χ1n) is 11.6. The van der Waals surface area contributed by atoms with Crippen molar-refractivity contribution in [2.24, 2.45) is 5.41 Å². The van der Waals surface area contributed by atoms with Crippen LogP contribution in [-0.2, 0) is 21.4 Å². The van der Waals surface area contributed by atoms with Crippen molar-refractivity contribution in [1.82, 2.24) is 10.3 Å². The zero-order valence-corrected chi connectivity index (χ0v) is 22.0. The highest BCUT2D eigenvalue weighted by molar-refractivity contribution is 6.30. The van der Waals surface area contributed by atoms with E-state index >= 15 is 0 Å². The topological polar surface area (TPSA) is 121 Å². The maximum Gasteiger partial charge on any atom is 0.312 e. The summed E-state index contributed by atoms with van der Waals surface area (Å²) in [5, 5.41) is 20.5. The number of hydrogen-bond acceptors (Lipinski definition) is 7. The second kappa shape index (κ2) is 10.9. The zero-order chi connectivity index (χ0) is 29.3.